The summed E-state index contributed by atoms with van der Waals surface area (Å²) in [4.78, 5) is 5.10. The van der Waals surface area contributed by atoms with E-state index in [4.69, 9.17) is 60.7 Å². The molecule has 0 amide bonds. The second-order valence-corrected chi connectivity index (χ2v) is 6.79. The fourth-order valence-corrected chi connectivity index (χ4v) is 2.27. The Balaban J connectivity index is 2.64. The Morgan fingerprint density at radius 3 is 2.46 bits per heavy atom. The molecular weight excluding hydrogens is 396 g/mol. The van der Waals surface area contributed by atoms with Crippen LogP contribution in [0.4, 0.5) is 0 Å². The lowest BCUT2D eigenvalue weighted by Crippen LogP contribution is -2.04. The van der Waals surface area contributed by atoms with Crippen molar-refractivity contribution in [1.82, 2.24) is 0 Å². The summed E-state index contributed by atoms with van der Waals surface area (Å²) in [5, 5.41) is 4.42. The van der Waals surface area contributed by atoms with Crippen LogP contribution in [0.1, 0.15) is 25.8 Å². The average Bonchev–Trinajstić information content (AvgIpc) is 2.50. The van der Waals surface area contributed by atoms with Crippen molar-refractivity contribution in [2.75, 3.05) is 19.8 Å². The number of benzene rings is 1. The van der Waals surface area contributed by atoms with E-state index in [1.165, 1.54) is 6.08 Å². The second kappa shape index (κ2) is 10.9. The van der Waals surface area contributed by atoms with Crippen LogP contribution >= 0.6 is 46.4 Å². The van der Waals surface area contributed by atoms with Crippen molar-refractivity contribution >= 4 is 52.1 Å². The molecule has 0 aliphatic carbocycles. The number of hydrogen-bond donors (Lipinski definition) is 0. The van der Waals surface area contributed by atoms with E-state index in [2.05, 4.69) is 5.16 Å². The molecular formula is C16H19Cl4NO3. The molecule has 1 aromatic carbocycles. The average molecular weight is 415 g/mol. The van der Waals surface area contributed by atoms with Gasteiger partial charge in [-0.3, -0.25) is 0 Å². The zero-order valence-electron chi connectivity index (χ0n) is 13.7. The van der Waals surface area contributed by atoms with Crippen molar-refractivity contribution < 1.29 is 14.3 Å². The lowest BCUT2D eigenvalue weighted by molar-refractivity contribution is 0.127. The van der Waals surface area contributed by atoms with Crippen LogP contribution in [0.5, 0.6) is 11.5 Å². The SMILES string of the molecule is CC(C)=NOCCCOc1c(C)cc(OCC=C(Cl)Cl)c(Cl)c1Cl. The number of aryl methyl sites for hydroxylation is 1. The molecule has 0 fully saturated rings. The van der Waals surface area contributed by atoms with Crippen LogP contribution < -0.4 is 9.47 Å². The largest absolute Gasteiger partial charge is 0.492 e. The first kappa shape index (κ1) is 21.2. The molecule has 0 saturated heterocycles. The van der Waals surface area contributed by atoms with Crippen molar-refractivity contribution in [1.29, 1.82) is 0 Å². The van der Waals surface area contributed by atoms with Crippen LogP contribution in [-0.4, -0.2) is 25.5 Å². The summed E-state index contributed by atoms with van der Waals surface area (Å²) in [6, 6.07) is 1.75. The highest BCUT2D eigenvalue weighted by Crippen LogP contribution is 2.41. The van der Waals surface area contributed by atoms with Gasteiger partial charge in [0.05, 0.1) is 12.3 Å². The number of rotatable bonds is 9. The molecule has 4 nitrogen and oxygen atoms in total. The first-order valence-electron chi connectivity index (χ1n) is 7.21. The van der Waals surface area contributed by atoms with Crippen molar-refractivity contribution in [3.05, 3.63) is 32.2 Å². The van der Waals surface area contributed by atoms with Crippen LogP contribution in [0.3, 0.4) is 0 Å². The Bertz CT molecular complexity index is 610. The zero-order valence-corrected chi connectivity index (χ0v) is 16.7. The van der Waals surface area contributed by atoms with Crippen LogP contribution in [0, 0.1) is 6.92 Å². The Morgan fingerprint density at radius 1 is 1.12 bits per heavy atom. The highest BCUT2D eigenvalue weighted by atomic mass is 35.5. The fraction of sp³-hybridized carbons (Fsp3) is 0.438. The van der Waals surface area contributed by atoms with Gasteiger partial charge in [0.2, 0.25) is 0 Å². The molecule has 1 aromatic rings. The number of halogens is 4. The topological polar surface area (TPSA) is 40.0 Å². The van der Waals surface area contributed by atoms with Gasteiger partial charge in [0.1, 0.15) is 39.2 Å². The lowest BCUT2D eigenvalue weighted by Gasteiger charge is -2.15. The van der Waals surface area contributed by atoms with Gasteiger partial charge < -0.3 is 14.3 Å². The minimum atomic E-state index is 0.124. The second-order valence-electron chi connectivity index (χ2n) is 5.03. The van der Waals surface area contributed by atoms with Crippen molar-refractivity contribution in [2.24, 2.45) is 5.16 Å². The van der Waals surface area contributed by atoms with Crippen molar-refractivity contribution in [3.63, 3.8) is 0 Å². The molecule has 1 rings (SSSR count). The van der Waals surface area contributed by atoms with Gasteiger partial charge in [0, 0.05) is 6.42 Å². The van der Waals surface area contributed by atoms with E-state index < -0.39 is 0 Å². The van der Waals surface area contributed by atoms with Crippen LogP contribution in [0.2, 0.25) is 10.0 Å². The van der Waals surface area contributed by atoms with E-state index in [0.717, 1.165) is 11.3 Å². The maximum absolute atomic E-state index is 6.27. The molecule has 0 aromatic heterocycles. The molecule has 0 atom stereocenters. The summed E-state index contributed by atoms with van der Waals surface area (Å²) in [7, 11) is 0. The molecule has 0 N–H and O–H groups in total. The van der Waals surface area contributed by atoms with Gasteiger partial charge in [-0.2, -0.15) is 0 Å². The lowest BCUT2D eigenvalue weighted by atomic mass is 10.2. The van der Waals surface area contributed by atoms with E-state index in [1.807, 2.05) is 20.8 Å². The monoisotopic (exact) mass is 413 g/mol. The van der Waals surface area contributed by atoms with Crippen LogP contribution in [-0.2, 0) is 4.84 Å². The molecule has 0 heterocycles. The summed E-state index contributed by atoms with van der Waals surface area (Å²) >= 11 is 23.5. The smallest absolute Gasteiger partial charge is 0.142 e. The van der Waals surface area contributed by atoms with Crippen LogP contribution in [0.25, 0.3) is 0 Å². The van der Waals surface area contributed by atoms with E-state index in [0.29, 0.717) is 36.2 Å². The normalized spacial score (nSPS) is 10.1. The molecule has 0 saturated carbocycles. The molecule has 0 radical (unpaired) electrons. The zero-order chi connectivity index (χ0) is 18.1. The van der Waals surface area contributed by atoms with Gasteiger partial charge in [-0.1, -0.05) is 51.6 Å². The highest BCUT2D eigenvalue weighted by molar-refractivity contribution is 6.55. The molecule has 0 bridgehead atoms. The van der Waals surface area contributed by atoms with Gasteiger partial charge in [-0.25, -0.2) is 0 Å². The van der Waals surface area contributed by atoms with E-state index in [1.54, 1.807) is 6.07 Å². The Kier molecular flexibility index (Phi) is 9.67. The van der Waals surface area contributed by atoms with Gasteiger partial charge in [0.25, 0.3) is 0 Å². The Hall–Kier alpha value is -0.810. The number of oxime groups is 1. The molecule has 0 aliphatic heterocycles. The minimum absolute atomic E-state index is 0.124. The van der Waals surface area contributed by atoms with Gasteiger partial charge >= 0.3 is 0 Å². The predicted octanol–water partition coefficient (Wildman–Crippen LogP) is 6.18. The molecule has 0 spiro atoms. The standard InChI is InChI=1S/C16H19Cl4NO3/c1-10(2)21-24-7-4-6-23-16-11(3)9-12(14(19)15(16)20)22-8-5-13(17)18/h5,9H,4,6-8H2,1-3H3. The van der Waals surface area contributed by atoms with Gasteiger partial charge in [-0.05, 0) is 38.5 Å². The molecule has 0 unspecified atom stereocenters. The number of hydrogen-bond acceptors (Lipinski definition) is 4. The third-order valence-corrected chi connectivity index (χ3v) is 3.81. The summed E-state index contributed by atoms with van der Waals surface area (Å²) in [5.74, 6) is 0.962. The summed E-state index contributed by atoms with van der Waals surface area (Å²) < 4.78 is 11.3. The maximum atomic E-state index is 6.27. The molecule has 24 heavy (non-hydrogen) atoms. The number of nitrogens with zero attached hydrogens (tertiary/aromatic N) is 1. The van der Waals surface area contributed by atoms with E-state index >= 15 is 0 Å². The number of ether oxygens (including phenoxy) is 2. The Labute approximate surface area is 162 Å². The first-order chi connectivity index (χ1) is 11.3. The summed E-state index contributed by atoms with van der Waals surface area (Å²) in [5.41, 5.74) is 1.67. The van der Waals surface area contributed by atoms with Gasteiger partial charge in [-0.15, -0.1) is 0 Å². The van der Waals surface area contributed by atoms with Crippen molar-refractivity contribution in [3.8, 4) is 11.5 Å². The fourth-order valence-electron chi connectivity index (χ4n) is 1.66. The van der Waals surface area contributed by atoms with E-state index in [-0.39, 0.29) is 16.1 Å². The first-order valence-corrected chi connectivity index (χ1v) is 8.72. The molecule has 134 valence electrons. The minimum Gasteiger partial charge on any atom is -0.492 e. The third-order valence-electron chi connectivity index (χ3n) is 2.66. The predicted molar refractivity (Wildman–Crippen MR) is 101 cm³/mol. The maximum Gasteiger partial charge on any atom is 0.142 e. The quantitative estimate of drug-likeness (QED) is 0.275. The van der Waals surface area contributed by atoms with Crippen molar-refractivity contribution in [2.45, 2.75) is 27.2 Å². The summed E-state index contributed by atoms with van der Waals surface area (Å²) in [6.07, 6.45) is 2.18. The van der Waals surface area contributed by atoms with Crippen LogP contribution in [0.15, 0.2) is 21.8 Å². The molecule has 0 aliphatic rings. The van der Waals surface area contributed by atoms with Gasteiger partial charge in [0.15, 0.2) is 0 Å². The summed E-state index contributed by atoms with van der Waals surface area (Å²) in [6.45, 7) is 6.66. The Morgan fingerprint density at radius 2 is 1.83 bits per heavy atom. The highest BCUT2D eigenvalue weighted by Gasteiger charge is 2.15. The molecule has 8 heteroatoms. The van der Waals surface area contributed by atoms with E-state index in [9.17, 15) is 0 Å². The third kappa shape index (κ3) is 7.39.